The Bertz CT molecular complexity index is 943. The van der Waals surface area contributed by atoms with Crippen LogP contribution in [0.3, 0.4) is 0 Å². The summed E-state index contributed by atoms with van der Waals surface area (Å²) in [7, 11) is 0. The summed E-state index contributed by atoms with van der Waals surface area (Å²) in [4.78, 5) is 24.3. The lowest BCUT2D eigenvalue weighted by atomic mass is 10.0. The first-order chi connectivity index (χ1) is 14.6. The zero-order chi connectivity index (χ0) is 22.9. The largest absolute Gasteiger partial charge is 0.457 e. The fourth-order valence-corrected chi connectivity index (χ4v) is 2.84. The molecule has 0 aliphatic heterocycles. The molecule has 0 saturated carbocycles. The molecule has 0 bridgehead atoms. The maximum absolute atomic E-state index is 12.4. The van der Waals surface area contributed by atoms with Crippen molar-refractivity contribution in [2.75, 3.05) is 0 Å². The first kappa shape index (κ1) is 24.1. The summed E-state index contributed by atoms with van der Waals surface area (Å²) < 4.78 is 11.0. The van der Waals surface area contributed by atoms with E-state index in [0.29, 0.717) is 25.0 Å². The van der Waals surface area contributed by atoms with E-state index < -0.39 is 11.6 Å². The minimum atomic E-state index is -0.534. The normalized spacial score (nSPS) is 11.3. The molecule has 4 nitrogen and oxygen atoms in total. The minimum Gasteiger partial charge on any atom is -0.457 e. The van der Waals surface area contributed by atoms with Crippen LogP contribution in [0.4, 0.5) is 0 Å². The SMILES string of the molecule is CC(C)=CCc1cc(/C=C/C(=O)OC(C)(C)C)ccc1OC(=O)CCc1ccccc1. The number of ether oxygens (including phenoxy) is 2. The van der Waals surface area contributed by atoms with Gasteiger partial charge in [0.2, 0.25) is 0 Å². The number of rotatable bonds is 8. The molecule has 0 amide bonds. The molecule has 2 rings (SSSR count). The van der Waals surface area contributed by atoms with Crippen LogP contribution in [0.5, 0.6) is 5.75 Å². The predicted molar refractivity (Wildman–Crippen MR) is 125 cm³/mol. The number of allylic oxidation sites excluding steroid dienone is 2. The van der Waals surface area contributed by atoms with Gasteiger partial charge in [-0.1, -0.05) is 48.0 Å². The monoisotopic (exact) mass is 420 g/mol. The third-order valence-corrected chi connectivity index (χ3v) is 4.32. The first-order valence-electron chi connectivity index (χ1n) is 10.5. The van der Waals surface area contributed by atoms with Gasteiger partial charge in [-0.2, -0.15) is 0 Å². The van der Waals surface area contributed by atoms with E-state index in [1.807, 2.05) is 77.1 Å². The summed E-state index contributed by atoms with van der Waals surface area (Å²) in [6.07, 6.45) is 6.79. The molecule has 0 unspecified atom stereocenters. The molecule has 0 radical (unpaired) electrons. The molecule has 0 aromatic heterocycles. The van der Waals surface area contributed by atoms with Crippen molar-refractivity contribution in [1.29, 1.82) is 0 Å². The molecule has 4 heteroatoms. The highest BCUT2D eigenvalue weighted by atomic mass is 16.6. The summed E-state index contributed by atoms with van der Waals surface area (Å²) in [5, 5.41) is 0. The summed E-state index contributed by atoms with van der Waals surface area (Å²) in [6.45, 7) is 9.54. The quantitative estimate of drug-likeness (QED) is 0.224. The van der Waals surface area contributed by atoms with Crippen molar-refractivity contribution in [3.8, 4) is 5.75 Å². The van der Waals surface area contributed by atoms with Gasteiger partial charge in [0, 0.05) is 12.5 Å². The fourth-order valence-electron chi connectivity index (χ4n) is 2.84. The van der Waals surface area contributed by atoms with Gasteiger partial charge in [-0.15, -0.1) is 0 Å². The van der Waals surface area contributed by atoms with Crippen LogP contribution in [0, 0.1) is 0 Å². The Morgan fingerprint density at radius 3 is 2.35 bits per heavy atom. The number of hydrogen-bond acceptors (Lipinski definition) is 4. The van der Waals surface area contributed by atoms with E-state index in [9.17, 15) is 9.59 Å². The van der Waals surface area contributed by atoms with Gasteiger partial charge in [-0.25, -0.2) is 4.79 Å². The maximum Gasteiger partial charge on any atom is 0.331 e. The maximum atomic E-state index is 12.4. The number of benzene rings is 2. The molecular weight excluding hydrogens is 388 g/mol. The molecule has 164 valence electrons. The number of carbonyl (C=O) groups excluding carboxylic acids is 2. The highest BCUT2D eigenvalue weighted by Crippen LogP contribution is 2.23. The van der Waals surface area contributed by atoms with E-state index in [1.165, 1.54) is 11.6 Å². The number of hydrogen-bond donors (Lipinski definition) is 0. The standard InChI is InChI=1S/C27H32O4/c1-20(2)11-15-23-19-22(14-18-26(29)31-27(3,4)5)12-16-24(23)30-25(28)17-13-21-9-7-6-8-10-21/h6-12,14,16,18-19H,13,15,17H2,1-5H3/b18-14+. The Labute approximate surface area is 185 Å². The number of carbonyl (C=O) groups is 2. The van der Waals surface area contributed by atoms with Crippen molar-refractivity contribution >= 4 is 18.0 Å². The van der Waals surface area contributed by atoms with Gasteiger partial charge in [0.25, 0.3) is 0 Å². The van der Waals surface area contributed by atoms with E-state index in [0.717, 1.165) is 16.7 Å². The van der Waals surface area contributed by atoms with Crippen LogP contribution in [-0.4, -0.2) is 17.5 Å². The lowest BCUT2D eigenvalue weighted by molar-refractivity contribution is -0.148. The van der Waals surface area contributed by atoms with E-state index in [4.69, 9.17) is 9.47 Å². The third kappa shape index (κ3) is 9.47. The van der Waals surface area contributed by atoms with E-state index in [-0.39, 0.29) is 5.97 Å². The topological polar surface area (TPSA) is 52.6 Å². The average Bonchev–Trinajstić information content (AvgIpc) is 2.70. The molecule has 2 aromatic carbocycles. The van der Waals surface area contributed by atoms with Gasteiger partial charge in [-0.3, -0.25) is 4.79 Å². The van der Waals surface area contributed by atoms with Gasteiger partial charge in [0.15, 0.2) is 0 Å². The van der Waals surface area contributed by atoms with Gasteiger partial charge >= 0.3 is 11.9 Å². The fraction of sp³-hybridized carbons (Fsp3) is 0.333. The lowest BCUT2D eigenvalue weighted by Crippen LogP contribution is -2.22. The predicted octanol–water partition coefficient (Wildman–Crippen LogP) is 6.09. The smallest absolute Gasteiger partial charge is 0.331 e. The van der Waals surface area contributed by atoms with Crippen LogP contribution in [-0.2, 0) is 27.2 Å². The van der Waals surface area contributed by atoms with Gasteiger partial charge in [-0.05, 0) is 82.4 Å². The summed E-state index contributed by atoms with van der Waals surface area (Å²) in [6, 6.07) is 15.4. The Balaban J connectivity index is 2.11. The highest BCUT2D eigenvalue weighted by molar-refractivity contribution is 5.87. The first-order valence-corrected chi connectivity index (χ1v) is 10.5. The van der Waals surface area contributed by atoms with Crippen LogP contribution in [0.1, 0.15) is 57.7 Å². The van der Waals surface area contributed by atoms with Crippen molar-refractivity contribution in [3.63, 3.8) is 0 Å². The van der Waals surface area contributed by atoms with Crippen molar-refractivity contribution in [2.45, 2.75) is 59.5 Å². The van der Waals surface area contributed by atoms with Gasteiger partial charge < -0.3 is 9.47 Å². The Hall–Kier alpha value is -3.14. The summed E-state index contributed by atoms with van der Waals surface area (Å²) in [5.41, 5.74) is 3.48. The molecule has 31 heavy (non-hydrogen) atoms. The van der Waals surface area contributed by atoms with Gasteiger partial charge in [0.1, 0.15) is 11.4 Å². The van der Waals surface area contributed by atoms with Crippen molar-refractivity contribution in [1.82, 2.24) is 0 Å². The number of aryl methyl sites for hydroxylation is 1. The molecule has 0 spiro atoms. The Morgan fingerprint density at radius 1 is 1.00 bits per heavy atom. The third-order valence-electron chi connectivity index (χ3n) is 4.32. The lowest BCUT2D eigenvalue weighted by Gasteiger charge is -2.17. The van der Waals surface area contributed by atoms with Crippen LogP contribution >= 0.6 is 0 Å². The Kier molecular flexibility index (Phi) is 8.80. The molecule has 0 heterocycles. The Morgan fingerprint density at radius 2 is 1.71 bits per heavy atom. The van der Waals surface area contributed by atoms with Crippen molar-refractivity contribution in [3.05, 3.63) is 82.9 Å². The molecular formula is C27H32O4. The average molecular weight is 421 g/mol. The summed E-state index contributed by atoms with van der Waals surface area (Å²) in [5.74, 6) is -0.112. The molecule has 2 aromatic rings. The second kappa shape index (κ2) is 11.3. The van der Waals surface area contributed by atoms with E-state index in [2.05, 4.69) is 6.08 Å². The molecule has 0 aliphatic rings. The molecule has 0 aliphatic carbocycles. The second-order valence-electron chi connectivity index (χ2n) is 8.68. The molecule has 0 atom stereocenters. The van der Waals surface area contributed by atoms with E-state index >= 15 is 0 Å². The molecule has 0 N–H and O–H groups in total. The molecule has 0 saturated heterocycles. The van der Waals surface area contributed by atoms with Crippen LogP contribution < -0.4 is 4.74 Å². The van der Waals surface area contributed by atoms with Crippen molar-refractivity contribution in [2.24, 2.45) is 0 Å². The van der Waals surface area contributed by atoms with Gasteiger partial charge in [0.05, 0.1) is 0 Å². The second-order valence-corrected chi connectivity index (χ2v) is 8.68. The van der Waals surface area contributed by atoms with E-state index in [1.54, 1.807) is 12.1 Å². The zero-order valence-electron chi connectivity index (χ0n) is 19.1. The zero-order valence-corrected chi connectivity index (χ0v) is 19.1. The van der Waals surface area contributed by atoms with Crippen LogP contribution in [0.25, 0.3) is 6.08 Å². The highest BCUT2D eigenvalue weighted by Gasteiger charge is 2.14. The minimum absolute atomic E-state index is 0.264. The van der Waals surface area contributed by atoms with Crippen LogP contribution in [0.2, 0.25) is 0 Å². The molecule has 0 fully saturated rings. The van der Waals surface area contributed by atoms with Crippen LogP contribution in [0.15, 0.2) is 66.3 Å². The summed E-state index contributed by atoms with van der Waals surface area (Å²) >= 11 is 0. The van der Waals surface area contributed by atoms with Crippen molar-refractivity contribution < 1.29 is 19.1 Å². The number of esters is 2.